The number of hydrogen-bond donors (Lipinski definition) is 1. The van der Waals surface area contributed by atoms with Crippen LogP contribution in [0.15, 0.2) is 0 Å². The molecule has 1 aliphatic heterocycles. The number of nitrogens with two attached hydrogens (primary N) is 1. The molecule has 1 saturated heterocycles. The van der Waals surface area contributed by atoms with E-state index in [1.165, 1.54) is 45.3 Å². The van der Waals surface area contributed by atoms with Crippen molar-refractivity contribution in [2.45, 2.75) is 71.9 Å². The average Bonchev–Trinajstić information content (AvgIpc) is 2.44. The first-order valence-corrected chi connectivity index (χ1v) is 9.00. The largest absolute Gasteiger partial charge is 0.329 e. The summed E-state index contributed by atoms with van der Waals surface area (Å²) < 4.78 is 0. The molecule has 0 aromatic rings. The van der Waals surface area contributed by atoms with Crippen LogP contribution < -0.4 is 5.73 Å². The molecule has 3 nitrogen and oxygen atoms in total. The Morgan fingerprint density at radius 2 is 1.57 bits per heavy atom. The molecule has 0 aromatic heterocycles. The van der Waals surface area contributed by atoms with Crippen molar-refractivity contribution in [2.75, 3.05) is 33.2 Å². The molecule has 1 heterocycles. The van der Waals surface area contributed by atoms with Crippen molar-refractivity contribution >= 4 is 0 Å². The maximum absolute atomic E-state index is 6.31. The lowest BCUT2D eigenvalue weighted by Crippen LogP contribution is -2.59. The van der Waals surface area contributed by atoms with Crippen molar-refractivity contribution in [3.05, 3.63) is 0 Å². The average molecular weight is 298 g/mol. The molecular weight excluding hydrogens is 258 g/mol. The fraction of sp³-hybridized carbons (Fsp3) is 1.00. The standard InChI is InChI=1S/C18H39N3/c1-7-21-10-8-17(9-11-21)20(6)18(14-19,12-15(2)3)13-16(4)5/h15-17H,7-14,19H2,1-6H3. The van der Waals surface area contributed by atoms with Crippen LogP contribution in [-0.2, 0) is 0 Å². The molecule has 2 N–H and O–H groups in total. The summed E-state index contributed by atoms with van der Waals surface area (Å²) >= 11 is 0. The van der Waals surface area contributed by atoms with Gasteiger partial charge in [0.05, 0.1) is 0 Å². The summed E-state index contributed by atoms with van der Waals surface area (Å²) in [5, 5.41) is 0. The minimum absolute atomic E-state index is 0.182. The smallest absolute Gasteiger partial charge is 0.0336 e. The van der Waals surface area contributed by atoms with E-state index in [4.69, 9.17) is 5.73 Å². The van der Waals surface area contributed by atoms with Gasteiger partial charge in [0.2, 0.25) is 0 Å². The maximum atomic E-state index is 6.31. The van der Waals surface area contributed by atoms with Gasteiger partial charge >= 0.3 is 0 Å². The summed E-state index contributed by atoms with van der Waals surface area (Å²) in [6.07, 6.45) is 5.02. The van der Waals surface area contributed by atoms with Gasteiger partial charge in [-0.05, 0) is 64.2 Å². The summed E-state index contributed by atoms with van der Waals surface area (Å²) in [5.41, 5.74) is 6.50. The van der Waals surface area contributed by atoms with E-state index < -0.39 is 0 Å². The van der Waals surface area contributed by atoms with Gasteiger partial charge in [0.25, 0.3) is 0 Å². The highest BCUT2D eigenvalue weighted by Crippen LogP contribution is 2.33. The third-order valence-electron chi connectivity index (χ3n) is 5.26. The molecule has 0 radical (unpaired) electrons. The second-order valence-electron chi connectivity index (χ2n) is 7.90. The zero-order chi connectivity index (χ0) is 16.0. The van der Waals surface area contributed by atoms with E-state index in [2.05, 4.69) is 51.5 Å². The zero-order valence-electron chi connectivity index (χ0n) is 15.4. The van der Waals surface area contributed by atoms with Crippen LogP contribution in [0, 0.1) is 11.8 Å². The lowest BCUT2D eigenvalue weighted by Gasteiger charge is -2.49. The normalized spacial score (nSPS) is 19.1. The molecule has 3 heteroatoms. The molecular formula is C18H39N3. The van der Waals surface area contributed by atoms with Crippen LogP contribution in [0.5, 0.6) is 0 Å². The Labute approximate surface area is 133 Å². The van der Waals surface area contributed by atoms with Crippen molar-refractivity contribution < 1.29 is 0 Å². The van der Waals surface area contributed by atoms with Crippen LogP contribution in [0.1, 0.15) is 60.3 Å². The topological polar surface area (TPSA) is 32.5 Å². The molecule has 126 valence electrons. The highest BCUT2D eigenvalue weighted by molar-refractivity contribution is 4.96. The van der Waals surface area contributed by atoms with E-state index in [1.54, 1.807) is 0 Å². The second-order valence-corrected chi connectivity index (χ2v) is 7.90. The third kappa shape index (κ3) is 5.22. The molecule has 0 bridgehead atoms. The fourth-order valence-electron chi connectivity index (χ4n) is 4.21. The van der Waals surface area contributed by atoms with Crippen molar-refractivity contribution in [3.8, 4) is 0 Å². The van der Waals surface area contributed by atoms with Crippen LogP contribution in [0.4, 0.5) is 0 Å². The Kier molecular flexibility index (Phi) is 7.66. The number of likely N-dealkylation sites (N-methyl/N-ethyl adjacent to an activating group) is 1. The molecule has 0 aromatic carbocycles. The minimum Gasteiger partial charge on any atom is -0.329 e. The molecule has 1 rings (SSSR count). The van der Waals surface area contributed by atoms with E-state index in [0.717, 1.165) is 6.54 Å². The van der Waals surface area contributed by atoms with E-state index in [0.29, 0.717) is 17.9 Å². The lowest BCUT2D eigenvalue weighted by atomic mass is 9.79. The van der Waals surface area contributed by atoms with E-state index in [-0.39, 0.29) is 5.54 Å². The number of hydrogen-bond acceptors (Lipinski definition) is 3. The van der Waals surface area contributed by atoms with Gasteiger partial charge in [-0.1, -0.05) is 34.6 Å². The van der Waals surface area contributed by atoms with Gasteiger partial charge < -0.3 is 10.6 Å². The fourth-order valence-corrected chi connectivity index (χ4v) is 4.21. The number of nitrogens with zero attached hydrogens (tertiary/aromatic N) is 2. The van der Waals surface area contributed by atoms with E-state index in [9.17, 15) is 0 Å². The van der Waals surface area contributed by atoms with E-state index >= 15 is 0 Å². The molecule has 0 unspecified atom stereocenters. The van der Waals surface area contributed by atoms with Gasteiger partial charge in [0.15, 0.2) is 0 Å². The molecule has 0 atom stereocenters. The summed E-state index contributed by atoms with van der Waals surface area (Å²) in [4.78, 5) is 5.24. The Morgan fingerprint density at radius 3 is 1.90 bits per heavy atom. The SMILES string of the molecule is CCN1CCC(N(C)C(CN)(CC(C)C)CC(C)C)CC1. The molecule has 0 amide bonds. The highest BCUT2D eigenvalue weighted by atomic mass is 15.2. The van der Waals surface area contributed by atoms with E-state index in [1.807, 2.05) is 0 Å². The van der Waals surface area contributed by atoms with Crippen molar-refractivity contribution in [1.29, 1.82) is 0 Å². The summed E-state index contributed by atoms with van der Waals surface area (Å²) in [6.45, 7) is 16.1. The van der Waals surface area contributed by atoms with Gasteiger partial charge in [0.1, 0.15) is 0 Å². The molecule has 1 fully saturated rings. The third-order valence-corrected chi connectivity index (χ3v) is 5.26. The lowest BCUT2D eigenvalue weighted by molar-refractivity contribution is 0.0133. The van der Waals surface area contributed by atoms with Crippen molar-refractivity contribution in [1.82, 2.24) is 9.80 Å². The molecule has 21 heavy (non-hydrogen) atoms. The first-order valence-electron chi connectivity index (χ1n) is 9.00. The van der Waals surface area contributed by atoms with Gasteiger partial charge in [-0.2, -0.15) is 0 Å². The van der Waals surface area contributed by atoms with Crippen LogP contribution in [0.25, 0.3) is 0 Å². The molecule has 1 aliphatic rings. The Hall–Kier alpha value is -0.120. The van der Waals surface area contributed by atoms with Crippen LogP contribution in [0.2, 0.25) is 0 Å². The zero-order valence-corrected chi connectivity index (χ0v) is 15.4. The van der Waals surface area contributed by atoms with Crippen LogP contribution >= 0.6 is 0 Å². The highest BCUT2D eigenvalue weighted by Gasteiger charge is 2.38. The van der Waals surface area contributed by atoms with Crippen LogP contribution in [0.3, 0.4) is 0 Å². The Balaban J connectivity index is 2.81. The van der Waals surface area contributed by atoms with Crippen LogP contribution in [-0.4, -0.2) is 54.6 Å². The quantitative estimate of drug-likeness (QED) is 0.747. The first-order chi connectivity index (χ1) is 9.84. The van der Waals surface area contributed by atoms with Gasteiger partial charge in [0, 0.05) is 18.1 Å². The molecule has 0 spiro atoms. The number of rotatable bonds is 8. The Bertz CT molecular complexity index is 270. The predicted octanol–water partition coefficient (Wildman–Crippen LogP) is 3.19. The first kappa shape index (κ1) is 18.9. The number of piperidine rings is 1. The maximum Gasteiger partial charge on any atom is 0.0336 e. The molecule has 0 saturated carbocycles. The predicted molar refractivity (Wildman–Crippen MR) is 93.6 cm³/mol. The van der Waals surface area contributed by atoms with Crippen molar-refractivity contribution in [2.24, 2.45) is 17.6 Å². The second kappa shape index (κ2) is 8.50. The Morgan fingerprint density at radius 1 is 1.10 bits per heavy atom. The minimum atomic E-state index is 0.182. The van der Waals surface area contributed by atoms with Gasteiger partial charge in [-0.3, -0.25) is 4.90 Å². The number of likely N-dealkylation sites (tertiary alicyclic amines) is 1. The summed E-state index contributed by atoms with van der Waals surface area (Å²) in [6, 6.07) is 0.703. The van der Waals surface area contributed by atoms with Gasteiger partial charge in [-0.25, -0.2) is 0 Å². The summed E-state index contributed by atoms with van der Waals surface area (Å²) in [7, 11) is 2.34. The van der Waals surface area contributed by atoms with Crippen molar-refractivity contribution in [3.63, 3.8) is 0 Å². The molecule has 0 aliphatic carbocycles. The monoisotopic (exact) mass is 297 g/mol. The summed E-state index contributed by atoms with van der Waals surface area (Å²) in [5.74, 6) is 1.40. The van der Waals surface area contributed by atoms with Gasteiger partial charge in [-0.15, -0.1) is 0 Å².